The molecule has 1 unspecified atom stereocenters. The molecule has 1 aromatic carbocycles. The van der Waals surface area contributed by atoms with Gasteiger partial charge in [-0.25, -0.2) is 0 Å². The molecular weight excluding hydrogens is 182 g/mol. The second kappa shape index (κ2) is 6.62. The van der Waals surface area contributed by atoms with E-state index < -0.39 is 0 Å². The van der Waals surface area contributed by atoms with Gasteiger partial charge in [0.15, 0.2) is 0 Å². The van der Waals surface area contributed by atoms with Gasteiger partial charge in [0.2, 0.25) is 0 Å². The summed E-state index contributed by atoms with van der Waals surface area (Å²) in [6.07, 6.45) is 5.90. The van der Waals surface area contributed by atoms with Crippen LogP contribution in [0.1, 0.15) is 43.7 Å². The third kappa shape index (κ3) is 4.48. The Bertz CT molecular complexity index is 280. The Morgan fingerprint density at radius 1 is 1.20 bits per heavy atom. The first kappa shape index (κ1) is 12.3. The Morgan fingerprint density at radius 2 is 1.93 bits per heavy atom. The molecule has 1 atom stereocenters. The Kier molecular flexibility index (Phi) is 5.41. The molecule has 0 fully saturated rings. The van der Waals surface area contributed by atoms with Gasteiger partial charge in [-0.1, -0.05) is 37.6 Å². The van der Waals surface area contributed by atoms with Gasteiger partial charge < -0.3 is 5.73 Å². The minimum absolute atomic E-state index is 0.402. The second-order valence-electron chi connectivity index (χ2n) is 4.37. The zero-order valence-corrected chi connectivity index (χ0v) is 10.00. The van der Waals surface area contributed by atoms with Gasteiger partial charge in [-0.15, -0.1) is 0 Å². The predicted molar refractivity (Wildman–Crippen MR) is 67.0 cm³/mol. The highest BCUT2D eigenvalue weighted by Crippen LogP contribution is 2.12. The van der Waals surface area contributed by atoms with Crippen LogP contribution < -0.4 is 5.73 Å². The molecule has 1 rings (SSSR count). The second-order valence-corrected chi connectivity index (χ2v) is 4.37. The Morgan fingerprint density at radius 3 is 2.60 bits per heavy atom. The van der Waals surface area contributed by atoms with Gasteiger partial charge >= 0.3 is 0 Å². The standard InChI is InChI=1S/C14H23N/c1-3-7-14(15)11-6-10-13-9-5-4-8-12(13)2/h4-5,8-9,14H,3,6-7,10-11,15H2,1-2H3. The summed E-state index contributed by atoms with van der Waals surface area (Å²) in [5.74, 6) is 0. The van der Waals surface area contributed by atoms with Crippen molar-refractivity contribution in [3.63, 3.8) is 0 Å². The van der Waals surface area contributed by atoms with Crippen LogP contribution in [0.2, 0.25) is 0 Å². The molecule has 1 heteroatoms. The third-order valence-electron chi connectivity index (χ3n) is 2.94. The smallest absolute Gasteiger partial charge is 0.00388 e. The molecule has 0 saturated carbocycles. The Hall–Kier alpha value is -0.820. The summed E-state index contributed by atoms with van der Waals surface area (Å²) in [6.45, 7) is 4.38. The van der Waals surface area contributed by atoms with Gasteiger partial charge in [-0.3, -0.25) is 0 Å². The van der Waals surface area contributed by atoms with Crippen molar-refractivity contribution in [1.29, 1.82) is 0 Å². The van der Waals surface area contributed by atoms with Crippen molar-refractivity contribution in [3.8, 4) is 0 Å². The molecule has 1 aromatic rings. The number of hydrogen-bond donors (Lipinski definition) is 1. The molecule has 15 heavy (non-hydrogen) atoms. The lowest BCUT2D eigenvalue weighted by Gasteiger charge is -2.10. The minimum Gasteiger partial charge on any atom is -0.328 e. The van der Waals surface area contributed by atoms with Crippen LogP contribution in [0.3, 0.4) is 0 Å². The predicted octanol–water partition coefficient (Wildman–Crippen LogP) is 3.45. The van der Waals surface area contributed by atoms with Crippen LogP contribution in [-0.4, -0.2) is 6.04 Å². The van der Waals surface area contributed by atoms with E-state index in [1.807, 2.05) is 0 Å². The molecule has 1 nitrogen and oxygen atoms in total. The normalized spacial score (nSPS) is 12.7. The fourth-order valence-electron chi connectivity index (χ4n) is 1.96. The highest BCUT2D eigenvalue weighted by molar-refractivity contribution is 5.25. The first-order valence-electron chi connectivity index (χ1n) is 6.04. The van der Waals surface area contributed by atoms with Crippen molar-refractivity contribution in [1.82, 2.24) is 0 Å². The number of nitrogens with two attached hydrogens (primary N) is 1. The molecule has 0 aromatic heterocycles. The van der Waals surface area contributed by atoms with Crippen molar-refractivity contribution < 1.29 is 0 Å². The van der Waals surface area contributed by atoms with Crippen molar-refractivity contribution in [2.45, 2.75) is 52.0 Å². The summed E-state index contributed by atoms with van der Waals surface area (Å²) in [4.78, 5) is 0. The maximum Gasteiger partial charge on any atom is 0.00388 e. The lowest BCUT2D eigenvalue weighted by molar-refractivity contribution is 0.539. The van der Waals surface area contributed by atoms with E-state index in [9.17, 15) is 0 Å². The van der Waals surface area contributed by atoms with Gasteiger partial charge in [0.25, 0.3) is 0 Å². The van der Waals surface area contributed by atoms with Crippen molar-refractivity contribution in [2.75, 3.05) is 0 Å². The number of hydrogen-bond acceptors (Lipinski definition) is 1. The molecule has 0 amide bonds. The number of aryl methyl sites for hydroxylation is 2. The molecule has 0 radical (unpaired) electrons. The van der Waals surface area contributed by atoms with E-state index in [1.54, 1.807) is 0 Å². The average molecular weight is 205 g/mol. The van der Waals surface area contributed by atoms with E-state index in [-0.39, 0.29) is 0 Å². The zero-order chi connectivity index (χ0) is 11.1. The van der Waals surface area contributed by atoms with Crippen LogP contribution in [0.15, 0.2) is 24.3 Å². The van der Waals surface area contributed by atoms with E-state index in [1.165, 1.54) is 30.4 Å². The van der Waals surface area contributed by atoms with Gasteiger partial charge in [0.05, 0.1) is 0 Å². The fraction of sp³-hybridized carbons (Fsp3) is 0.571. The maximum absolute atomic E-state index is 5.99. The number of benzene rings is 1. The van der Waals surface area contributed by atoms with Crippen LogP contribution in [0.25, 0.3) is 0 Å². The quantitative estimate of drug-likeness (QED) is 0.756. The first-order valence-corrected chi connectivity index (χ1v) is 6.04. The topological polar surface area (TPSA) is 26.0 Å². The summed E-state index contributed by atoms with van der Waals surface area (Å²) in [5.41, 5.74) is 8.86. The molecular formula is C14H23N. The lowest BCUT2D eigenvalue weighted by atomic mass is 10.00. The van der Waals surface area contributed by atoms with Crippen molar-refractivity contribution in [3.05, 3.63) is 35.4 Å². The molecule has 84 valence electrons. The van der Waals surface area contributed by atoms with Crippen LogP contribution in [0.4, 0.5) is 0 Å². The summed E-state index contributed by atoms with van der Waals surface area (Å²) in [7, 11) is 0. The first-order chi connectivity index (χ1) is 7.24. The van der Waals surface area contributed by atoms with Gasteiger partial charge in [-0.2, -0.15) is 0 Å². The Labute approximate surface area is 93.7 Å². The Balaban J connectivity index is 2.29. The van der Waals surface area contributed by atoms with Crippen molar-refractivity contribution in [2.24, 2.45) is 5.73 Å². The molecule has 0 aliphatic carbocycles. The lowest BCUT2D eigenvalue weighted by Crippen LogP contribution is -2.19. The van der Waals surface area contributed by atoms with E-state index in [2.05, 4.69) is 38.1 Å². The summed E-state index contributed by atoms with van der Waals surface area (Å²) < 4.78 is 0. The maximum atomic E-state index is 5.99. The zero-order valence-electron chi connectivity index (χ0n) is 10.00. The third-order valence-corrected chi connectivity index (χ3v) is 2.94. The van der Waals surface area contributed by atoms with Gasteiger partial charge in [0.1, 0.15) is 0 Å². The highest BCUT2D eigenvalue weighted by Gasteiger charge is 2.02. The SMILES string of the molecule is CCCC(N)CCCc1ccccc1C. The molecule has 0 saturated heterocycles. The fourth-order valence-corrected chi connectivity index (χ4v) is 1.96. The molecule has 0 spiro atoms. The van der Waals surface area contributed by atoms with E-state index in [0.29, 0.717) is 6.04 Å². The molecule has 0 bridgehead atoms. The monoisotopic (exact) mass is 205 g/mol. The molecule has 0 aliphatic heterocycles. The summed E-state index contributed by atoms with van der Waals surface area (Å²) in [6, 6.07) is 9.02. The van der Waals surface area contributed by atoms with E-state index in [4.69, 9.17) is 5.73 Å². The molecule has 0 heterocycles. The van der Waals surface area contributed by atoms with E-state index in [0.717, 1.165) is 12.8 Å². The molecule has 2 N–H and O–H groups in total. The van der Waals surface area contributed by atoms with Crippen LogP contribution in [-0.2, 0) is 6.42 Å². The minimum atomic E-state index is 0.402. The largest absolute Gasteiger partial charge is 0.328 e. The van der Waals surface area contributed by atoms with Crippen LogP contribution in [0.5, 0.6) is 0 Å². The summed E-state index contributed by atoms with van der Waals surface area (Å²) >= 11 is 0. The number of rotatable bonds is 6. The van der Waals surface area contributed by atoms with E-state index >= 15 is 0 Å². The average Bonchev–Trinajstić information content (AvgIpc) is 2.21. The van der Waals surface area contributed by atoms with Gasteiger partial charge in [0, 0.05) is 6.04 Å². The highest BCUT2D eigenvalue weighted by atomic mass is 14.6. The summed E-state index contributed by atoms with van der Waals surface area (Å²) in [5, 5.41) is 0. The van der Waals surface area contributed by atoms with Crippen LogP contribution in [0, 0.1) is 6.92 Å². The molecule has 0 aliphatic rings. The van der Waals surface area contributed by atoms with Crippen LogP contribution >= 0.6 is 0 Å². The van der Waals surface area contributed by atoms with Gasteiger partial charge in [-0.05, 0) is 43.7 Å². The van der Waals surface area contributed by atoms with Crippen molar-refractivity contribution >= 4 is 0 Å².